The smallest absolute Gasteiger partial charge is 0.328 e. The van der Waals surface area contributed by atoms with Crippen molar-refractivity contribution in [1.29, 1.82) is 0 Å². The van der Waals surface area contributed by atoms with Gasteiger partial charge in [-0.2, -0.15) is 0 Å². The summed E-state index contributed by atoms with van der Waals surface area (Å²) in [4.78, 5) is 11.3. The molecule has 0 saturated heterocycles. The fourth-order valence-corrected chi connectivity index (χ4v) is 1.84. The molecule has 0 N–H and O–H groups in total. The average molecular weight is 274 g/mol. The lowest BCUT2D eigenvalue weighted by molar-refractivity contribution is -0.141. The lowest BCUT2D eigenvalue weighted by atomic mass is 10.1. The van der Waals surface area contributed by atoms with Gasteiger partial charge < -0.3 is 4.74 Å². The predicted octanol–water partition coefficient (Wildman–Crippen LogP) is 4.04. The third kappa shape index (κ3) is 5.64. The maximum Gasteiger partial charge on any atom is 0.328 e. The van der Waals surface area contributed by atoms with Crippen molar-refractivity contribution < 1.29 is 9.53 Å². The van der Waals surface area contributed by atoms with E-state index in [1.54, 1.807) is 6.92 Å². The second kappa shape index (κ2) is 8.26. The molecule has 2 nitrogen and oxygen atoms in total. The standard InChI is InChI=1S/C10H15Cl3O2/c1-3-5-6-7(9(12)13)8(11)10(14)15-4-2/h8H,3-6H2,1-2H3. The molecule has 0 aromatic carbocycles. The minimum Gasteiger partial charge on any atom is -0.465 e. The number of carbonyl (C=O) groups is 1. The van der Waals surface area contributed by atoms with E-state index in [0.29, 0.717) is 18.6 Å². The largest absolute Gasteiger partial charge is 0.465 e. The van der Waals surface area contributed by atoms with E-state index in [9.17, 15) is 4.79 Å². The minimum atomic E-state index is -0.874. The zero-order valence-corrected chi connectivity index (χ0v) is 11.1. The highest BCUT2D eigenvalue weighted by atomic mass is 35.5. The van der Waals surface area contributed by atoms with Crippen LogP contribution in [0.3, 0.4) is 0 Å². The quantitative estimate of drug-likeness (QED) is 0.539. The molecule has 0 saturated carbocycles. The highest BCUT2D eigenvalue weighted by Crippen LogP contribution is 2.26. The van der Waals surface area contributed by atoms with Gasteiger partial charge in [0.15, 0.2) is 5.38 Å². The van der Waals surface area contributed by atoms with Crippen molar-refractivity contribution in [2.24, 2.45) is 0 Å². The molecule has 0 fully saturated rings. The van der Waals surface area contributed by atoms with Crippen molar-refractivity contribution in [1.82, 2.24) is 0 Å². The number of ether oxygens (including phenoxy) is 1. The SMILES string of the molecule is CCCCC(=C(Cl)Cl)C(Cl)C(=O)OCC. The molecule has 0 aliphatic rings. The van der Waals surface area contributed by atoms with E-state index >= 15 is 0 Å². The van der Waals surface area contributed by atoms with Crippen molar-refractivity contribution in [2.75, 3.05) is 6.61 Å². The average Bonchev–Trinajstić information content (AvgIpc) is 2.18. The Morgan fingerprint density at radius 1 is 1.33 bits per heavy atom. The highest BCUT2D eigenvalue weighted by molar-refractivity contribution is 6.56. The molecular formula is C10H15Cl3O2. The minimum absolute atomic E-state index is 0.0662. The number of hydrogen-bond donors (Lipinski definition) is 0. The van der Waals surface area contributed by atoms with Gasteiger partial charge in [0.2, 0.25) is 0 Å². The molecular weight excluding hydrogens is 258 g/mol. The van der Waals surface area contributed by atoms with E-state index in [-0.39, 0.29) is 4.49 Å². The van der Waals surface area contributed by atoms with E-state index in [1.165, 1.54) is 0 Å². The lowest BCUT2D eigenvalue weighted by Crippen LogP contribution is -2.20. The van der Waals surface area contributed by atoms with Gasteiger partial charge in [0, 0.05) is 0 Å². The van der Waals surface area contributed by atoms with Crippen LogP contribution in [0.2, 0.25) is 0 Å². The zero-order chi connectivity index (χ0) is 11.8. The first kappa shape index (κ1) is 15.1. The predicted molar refractivity (Wildman–Crippen MR) is 64.5 cm³/mol. The molecule has 0 amide bonds. The molecule has 0 spiro atoms. The molecule has 0 aromatic heterocycles. The number of alkyl halides is 1. The van der Waals surface area contributed by atoms with Crippen molar-refractivity contribution in [3.63, 3.8) is 0 Å². The zero-order valence-electron chi connectivity index (χ0n) is 8.86. The second-order valence-electron chi connectivity index (χ2n) is 3.00. The third-order valence-electron chi connectivity index (χ3n) is 1.84. The Kier molecular flexibility index (Phi) is 8.30. The van der Waals surface area contributed by atoms with Gasteiger partial charge in [-0.3, -0.25) is 4.79 Å². The van der Waals surface area contributed by atoms with E-state index in [2.05, 4.69) is 0 Å². The van der Waals surface area contributed by atoms with Crippen LogP contribution in [0.5, 0.6) is 0 Å². The van der Waals surface area contributed by atoms with Crippen molar-refractivity contribution >= 4 is 40.8 Å². The molecule has 0 aromatic rings. The Balaban J connectivity index is 4.50. The third-order valence-corrected chi connectivity index (χ3v) is 2.77. The molecule has 1 unspecified atom stereocenters. The van der Waals surface area contributed by atoms with Gasteiger partial charge in [0.1, 0.15) is 4.49 Å². The van der Waals surface area contributed by atoms with Crippen molar-refractivity contribution in [2.45, 2.75) is 38.5 Å². The van der Waals surface area contributed by atoms with Crippen LogP contribution >= 0.6 is 34.8 Å². The summed E-state index contributed by atoms with van der Waals surface area (Å²) in [6.07, 6.45) is 2.49. The first-order valence-corrected chi connectivity index (χ1v) is 6.08. The van der Waals surface area contributed by atoms with Crippen LogP contribution in [0.15, 0.2) is 10.1 Å². The fourth-order valence-electron chi connectivity index (χ4n) is 1.04. The van der Waals surface area contributed by atoms with E-state index in [1.807, 2.05) is 6.92 Å². The first-order chi connectivity index (χ1) is 7.04. The molecule has 0 heterocycles. The van der Waals surface area contributed by atoms with Crippen LogP contribution in [0.25, 0.3) is 0 Å². The van der Waals surface area contributed by atoms with E-state index in [4.69, 9.17) is 39.5 Å². The highest BCUT2D eigenvalue weighted by Gasteiger charge is 2.23. The maximum atomic E-state index is 11.3. The van der Waals surface area contributed by atoms with Gasteiger partial charge in [0.25, 0.3) is 0 Å². The molecule has 0 bridgehead atoms. The molecule has 5 heteroatoms. The summed E-state index contributed by atoms with van der Waals surface area (Å²) >= 11 is 17.2. The summed E-state index contributed by atoms with van der Waals surface area (Å²) in [5, 5.41) is -0.874. The monoisotopic (exact) mass is 272 g/mol. The first-order valence-electron chi connectivity index (χ1n) is 4.89. The normalized spacial score (nSPS) is 12.1. The van der Waals surface area contributed by atoms with Crippen LogP contribution in [-0.2, 0) is 9.53 Å². The summed E-state index contributed by atoms with van der Waals surface area (Å²) in [7, 11) is 0. The van der Waals surface area contributed by atoms with Crippen LogP contribution < -0.4 is 0 Å². The number of hydrogen-bond acceptors (Lipinski definition) is 2. The molecule has 15 heavy (non-hydrogen) atoms. The van der Waals surface area contributed by atoms with Crippen LogP contribution in [0.1, 0.15) is 33.1 Å². The Morgan fingerprint density at radius 2 is 1.93 bits per heavy atom. The fraction of sp³-hybridized carbons (Fsp3) is 0.700. The van der Waals surface area contributed by atoms with Gasteiger partial charge in [-0.1, -0.05) is 36.5 Å². The molecule has 88 valence electrons. The van der Waals surface area contributed by atoms with Gasteiger partial charge in [-0.05, 0) is 25.3 Å². The topological polar surface area (TPSA) is 26.3 Å². The van der Waals surface area contributed by atoms with Gasteiger partial charge >= 0.3 is 5.97 Å². The molecule has 0 rings (SSSR count). The Labute approximate surface area is 106 Å². The van der Waals surface area contributed by atoms with Crippen LogP contribution in [-0.4, -0.2) is 18.0 Å². The number of rotatable bonds is 6. The summed E-state index contributed by atoms with van der Waals surface area (Å²) in [6.45, 7) is 4.05. The Hall–Kier alpha value is 0.0800. The summed E-state index contributed by atoms with van der Waals surface area (Å²) in [6, 6.07) is 0. The van der Waals surface area contributed by atoms with E-state index < -0.39 is 11.3 Å². The maximum absolute atomic E-state index is 11.3. The van der Waals surface area contributed by atoms with Gasteiger partial charge in [-0.15, -0.1) is 11.6 Å². The summed E-state index contributed by atoms with van der Waals surface area (Å²) in [5.74, 6) is -0.496. The Morgan fingerprint density at radius 3 is 2.33 bits per heavy atom. The number of halogens is 3. The second-order valence-corrected chi connectivity index (χ2v) is 4.39. The van der Waals surface area contributed by atoms with Crippen LogP contribution in [0.4, 0.5) is 0 Å². The summed E-state index contributed by atoms with van der Waals surface area (Å²) in [5.41, 5.74) is 0.542. The molecule has 0 aliphatic carbocycles. The lowest BCUT2D eigenvalue weighted by Gasteiger charge is -2.12. The van der Waals surface area contributed by atoms with Crippen molar-refractivity contribution in [3.05, 3.63) is 10.1 Å². The van der Waals surface area contributed by atoms with Gasteiger partial charge in [0.05, 0.1) is 6.61 Å². The van der Waals surface area contributed by atoms with Gasteiger partial charge in [-0.25, -0.2) is 0 Å². The number of unbranched alkanes of at least 4 members (excludes halogenated alkanes) is 1. The number of carbonyl (C=O) groups excluding carboxylic acids is 1. The van der Waals surface area contributed by atoms with Crippen molar-refractivity contribution in [3.8, 4) is 0 Å². The Bertz CT molecular complexity index is 235. The molecule has 1 atom stereocenters. The van der Waals surface area contributed by atoms with Crippen LogP contribution in [0, 0.1) is 0 Å². The molecule has 0 radical (unpaired) electrons. The summed E-state index contributed by atoms with van der Waals surface area (Å²) < 4.78 is 4.86. The number of esters is 1. The molecule has 0 aliphatic heterocycles. The van der Waals surface area contributed by atoms with E-state index in [0.717, 1.165) is 12.8 Å².